The van der Waals surface area contributed by atoms with E-state index < -0.39 is 0 Å². The van der Waals surface area contributed by atoms with Crippen molar-refractivity contribution in [3.8, 4) is 0 Å². The lowest BCUT2D eigenvalue weighted by Crippen LogP contribution is -2.50. The van der Waals surface area contributed by atoms with Crippen LogP contribution in [0.25, 0.3) is 0 Å². The molecule has 0 spiro atoms. The van der Waals surface area contributed by atoms with Crippen molar-refractivity contribution in [1.82, 2.24) is 9.80 Å². The average Bonchev–Trinajstić information content (AvgIpc) is 3.32. The van der Waals surface area contributed by atoms with Gasteiger partial charge in [0.2, 0.25) is 11.8 Å². The maximum Gasteiger partial charge on any atom is 0.223 e. The number of rotatable bonds is 8. The number of benzene rings is 1. The van der Waals surface area contributed by atoms with E-state index in [-0.39, 0.29) is 11.8 Å². The number of carbonyl (C=O) groups excluding carboxylic acids is 2. The Balaban J connectivity index is 1.14. The van der Waals surface area contributed by atoms with Gasteiger partial charge in [-0.25, -0.2) is 0 Å². The zero-order chi connectivity index (χ0) is 20.9. The molecule has 0 bridgehead atoms. The van der Waals surface area contributed by atoms with Crippen molar-refractivity contribution < 1.29 is 14.0 Å². The number of nitrogens with zero attached hydrogens (tertiary/aromatic N) is 2. The van der Waals surface area contributed by atoms with Gasteiger partial charge in [-0.05, 0) is 42.9 Å². The topological polar surface area (TPSA) is 53.8 Å². The largest absolute Gasteiger partial charge is 0.466 e. The summed E-state index contributed by atoms with van der Waals surface area (Å²) in [5, 5.41) is 0. The highest BCUT2D eigenvalue weighted by Crippen LogP contribution is 2.47. The molecule has 1 aliphatic heterocycles. The molecule has 1 saturated carbocycles. The fourth-order valence-corrected chi connectivity index (χ4v) is 4.29. The van der Waals surface area contributed by atoms with Gasteiger partial charge < -0.3 is 14.2 Å². The molecule has 5 nitrogen and oxygen atoms in total. The van der Waals surface area contributed by atoms with Crippen molar-refractivity contribution in [2.45, 2.75) is 51.4 Å². The van der Waals surface area contributed by atoms with Crippen LogP contribution in [-0.2, 0) is 22.4 Å². The van der Waals surface area contributed by atoms with Gasteiger partial charge in [0.15, 0.2) is 0 Å². The standard InChI is InChI=1S/C25H32N2O3/c1-19-18-22(19)23-12-10-21(30-23)11-13-25(29)27-16-14-26(15-17-27)24(28)9-5-8-20-6-3-2-4-7-20/h2-4,6-7,10,12,19,22H,5,8-9,11,13-18H2,1H3. The van der Waals surface area contributed by atoms with Crippen LogP contribution in [0.1, 0.15) is 55.6 Å². The minimum Gasteiger partial charge on any atom is -0.466 e. The molecule has 160 valence electrons. The van der Waals surface area contributed by atoms with E-state index in [2.05, 4.69) is 25.1 Å². The minimum absolute atomic E-state index is 0.156. The lowest BCUT2D eigenvalue weighted by Gasteiger charge is -2.35. The summed E-state index contributed by atoms with van der Waals surface area (Å²) in [6.45, 7) is 4.78. The second-order valence-electron chi connectivity index (χ2n) is 8.72. The molecule has 1 aliphatic carbocycles. The van der Waals surface area contributed by atoms with Crippen LogP contribution < -0.4 is 0 Å². The zero-order valence-corrected chi connectivity index (χ0v) is 17.9. The first kappa shape index (κ1) is 20.7. The van der Waals surface area contributed by atoms with Crippen molar-refractivity contribution >= 4 is 11.8 Å². The van der Waals surface area contributed by atoms with Gasteiger partial charge in [0.05, 0.1) is 0 Å². The van der Waals surface area contributed by atoms with Gasteiger partial charge in [0, 0.05) is 51.4 Å². The van der Waals surface area contributed by atoms with Crippen molar-refractivity contribution in [2.75, 3.05) is 26.2 Å². The quantitative estimate of drug-likeness (QED) is 0.663. The molecule has 5 heteroatoms. The molecule has 0 radical (unpaired) electrons. The highest BCUT2D eigenvalue weighted by Gasteiger charge is 2.36. The number of hydrogen-bond acceptors (Lipinski definition) is 3. The number of amides is 2. The molecule has 0 N–H and O–H groups in total. The van der Waals surface area contributed by atoms with Crippen LogP contribution in [0.2, 0.25) is 0 Å². The van der Waals surface area contributed by atoms with Crippen LogP contribution in [0.4, 0.5) is 0 Å². The summed E-state index contributed by atoms with van der Waals surface area (Å²) in [5.74, 6) is 3.64. The van der Waals surface area contributed by atoms with Crippen LogP contribution in [-0.4, -0.2) is 47.8 Å². The van der Waals surface area contributed by atoms with Crippen LogP contribution in [0.3, 0.4) is 0 Å². The molecule has 2 atom stereocenters. The number of furan rings is 1. The summed E-state index contributed by atoms with van der Waals surface area (Å²) in [4.78, 5) is 28.8. The predicted molar refractivity (Wildman–Crippen MR) is 116 cm³/mol. The van der Waals surface area contributed by atoms with Gasteiger partial charge in [0.1, 0.15) is 11.5 Å². The fourth-order valence-electron chi connectivity index (χ4n) is 4.29. The van der Waals surface area contributed by atoms with Gasteiger partial charge in [0.25, 0.3) is 0 Å². The lowest BCUT2D eigenvalue weighted by molar-refractivity contribution is -0.139. The van der Waals surface area contributed by atoms with E-state index in [1.165, 1.54) is 12.0 Å². The third-order valence-corrected chi connectivity index (χ3v) is 6.43. The first-order valence-electron chi connectivity index (χ1n) is 11.3. The SMILES string of the molecule is CC1CC1c1ccc(CCC(=O)N2CCN(C(=O)CCCc3ccccc3)CC2)o1. The summed E-state index contributed by atoms with van der Waals surface area (Å²) >= 11 is 0. The van der Waals surface area contributed by atoms with Gasteiger partial charge in [-0.15, -0.1) is 0 Å². The molecule has 1 aromatic carbocycles. The highest BCUT2D eigenvalue weighted by atomic mass is 16.3. The molecule has 1 saturated heterocycles. The third-order valence-electron chi connectivity index (χ3n) is 6.43. The Bertz CT molecular complexity index is 852. The number of hydrogen-bond donors (Lipinski definition) is 0. The van der Waals surface area contributed by atoms with Crippen molar-refractivity contribution in [2.24, 2.45) is 5.92 Å². The van der Waals surface area contributed by atoms with Gasteiger partial charge >= 0.3 is 0 Å². The van der Waals surface area contributed by atoms with E-state index in [1.807, 2.05) is 34.1 Å². The summed E-state index contributed by atoms with van der Waals surface area (Å²) in [6.07, 6.45) is 4.70. The molecule has 2 aliphatic rings. The van der Waals surface area contributed by atoms with Crippen LogP contribution in [0, 0.1) is 5.92 Å². The smallest absolute Gasteiger partial charge is 0.223 e. The number of carbonyl (C=O) groups is 2. The molecule has 2 fully saturated rings. The van der Waals surface area contributed by atoms with Crippen molar-refractivity contribution in [1.29, 1.82) is 0 Å². The summed E-state index contributed by atoms with van der Waals surface area (Å²) in [6, 6.07) is 14.4. The fraction of sp³-hybridized carbons (Fsp3) is 0.520. The van der Waals surface area contributed by atoms with E-state index in [1.54, 1.807) is 0 Å². The monoisotopic (exact) mass is 408 g/mol. The van der Waals surface area contributed by atoms with Crippen molar-refractivity contribution in [3.05, 3.63) is 59.5 Å². The Kier molecular flexibility index (Phi) is 6.56. The van der Waals surface area contributed by atoms with Crippen LogP contribution in [0.15, 0.2) is 46.9 Å². The van der Waals surface area contributed by atoms with E-state index in [4.69, 9.17) is 4.42 Å². The summed E-state index contributed by atoms with van der Waals surface area (Å²) in [5.41, 5.74) is 1.27. The Hall–Kier alpha value is -2.56. The molecule has 30 heavy (non-hydrogen) atoms. The van der Waals surface area contributed by atoms with Gasteiger partial charge in [-0.1, -0.05) is 37.3 Å². The van der Waals surface area contributed by atoms with Crippen LogP contribution in [0.5, 0.6) is 0 Å². The summed E-state index contributed by atoms with van der Waals surface area (Å²) in [7, 11) is 0. The van der Waals surface area contributed by atoms with Crippen LogP contribution >= 0.6 is 0 Å². The third kappa shape index (κ3) is 5.32. The zero-order valence-electron chi connectivity index (χ0n) is 17.9. The van der Waals surface area contributed by atoms with Gasteiger partial charge in [-0.3, -0.25) is 9.59 Å². The molecule has 2 amide bonds. The normalized spacial score (nSPS) is 21.0. The summed E-state index contributed by atoms with van der Waals surface area (Å²) < 4.78 is 5.91. The first-order valence-corrected chi connectivity index (χ1v) is 11.3. The van der Waals surface area contributed by atoms with E-state index in [0.717, 1.165) is 30.3 Å². The molecular formula is C25H32N2O3. The Morgan fingerprint density at radius 1 is 0.900 bits per heavy atom. The number of aryl methyl sites for hydroxylation is 2. The molecule has 4 rings (SSSR count). The van der Waals surface area contributed by atoms with Crippen molar-refractivity contribution in [3.63, 3.8) is 0 Å². The maximum absolute atomic E-state index is 12.6. The second-order valence-corrected chi connectivity index (χ2v) is 8.72. The van der Waals surface area contributed by atoms with E-state index >= 15 is 0 Å². The minimum atomic E-state index is 0.156. The maximum atomic E-state index is 12.6. The number of piperazine rings is 1. The lowest BCUT2D eigenvalue weighted by atomic mass is 10.1. The molecule has 1 aromatic heterocycles. The predicted octanol–water partition coefficient (Wildman–Crippen LogP) is 4.03. The highest BCUT2D eigenvalue weighted by molar-refractivity contribution is 5.78. The van der Waals surface area contributed by atoms with Gasteiger partial charge in [-0.2, -0.15) is 0 Å². The Morgan fingerprint density at radius 3 is 2.17 bits per heavy atom. The average molecular weight is 409 g/mol. The van der Waals surface area contributed by atoms with E-state index in [0.29, 0.717) is 51.4 Å². The first-order chi connectivity index (χ1) is 14.6. The Morgan fingerprint density at radius 2 is 1.53 bits per heavy atom. The molecule has 2 unspecified atom stereocenters. The molecule has 2 heterocycles. The molecule has 2 aromatic rings. The van der Waals surface area contributed by atoms with E-state index in [9.17, 15) is 9.59 Å². The Labute approximate surface area is 179 Å². The molecular weight excluding hydrogens is 376 g/mol. The second kappa shape index (κ2) is 9.50.